The molecule has 0 aromatic carbocycles. The first-order valence-corrected chi connectivity index (χ1v) is 9.43. The minimum atomic E-state index is 0.345. The SMILES string of the molecule is COCc1nnc(N2CCC(c3nnc4ccc(N(C)C)nn34)CC2)s1. The molecule has 1 aliphatic rings. The van der Waals surface area contributed by atoms with Crippen molar-refractivity contribution in [3.8, 4) is 0 Å². The average molecular weight is 374 g/mol. The van der Waals surface area contributed by atoms with Crippen LogP contribution in [0.1, 0.15) is 29.6 Å². The van der Waals surface area contributed by atoms with Crippen molar-refractivity contribution in [2.75, 3.05) is 44.1 Å². The van der Waals surface area contributed by atoms with Crippen molar-refractivity contribution < 1.29 is 4.74 Å². The Labute approximate surface area is 155 Å². The highest BCUT2D eigenvalue weighted by Gasteiger charge is 2.27. The van der Waals surface area contributed by atoms with Crippen LogP contribution in [0.4, 0.5) is 10.9 Å². The molecule has 10 heteroatoms. The molecule has 0 saturated carbocycles. The normalized spacial score (nSPS) is 15.7. The van der Waals surface area contributed by atoms with Gasteiger partial charge < -0.3 is 14.5 Å². The number of aromatic nitrogens is 6. The minimum Gasteiger partial charge on any atom is -0.377 e. The first-order valence-electron chi connectivity index (χ1n) is 8.61. The lowest BCUT2D eigenvalue weighted by Gasteiger charge is -2.30. The molecule has 0 bridgehead atoms. The fourth-order valence-corrected chi connectivity index (χ4v) is 4.03. The summed E-state index contributed by atoms with van der Waals surface area (Å²) in [5.74, 6) is 2.19. The van der Waals surface area contributed by atoms with E-state index in [1.807, 2.05) is 35.6 Å². The summed E-state index contributed by atoms with van der Waals surface area (Å²) in [4.78, 5) is 4.27. The molecule has 1 aliphatic heterocycles. The largest absolute Gasteiger partial charge is 0.377 e. The number of anilines is 2. The monoisotopic (exact) mass is 374 g/mol. The zero-order valence-corrected chi connectivity index (χ0v) is 16.0. The summed E-state index contributed by atoms with van der Waals surface area (Å²) < 4.78 is 7.01. The maximum absolute atomic E-state index is 5.12. The number of hydrogen-bond donors (Lipinski definition) is 0. The van der Waals surface area contributed by atoms with Crippen molar-refractivity contribution in [3.63, 3.8) is 0 Å². The Morgan fingerprint density at radius 2 is 1.96 bits per heavy atom. The van der Waals surface area contributed by atoms with Crippen molar-refractivity contribution in [3.05, 3.63) is 23.0 Å². The molecule has 0 spiro atoms. The Bertz CT molecular complexity index is 883. The second kappa shape index (κ2) is 7.12. The van der Waals surface area contributed by atoms with E-state index < -0.39 is 0 Å². The smallest absolute Gasteiger partial charge is 0.208 e. The van der Waals surface area contributed by atoms with E-state index in [0.717, 1.165) is 53.4 Å². The first-order chi connectivity index (χ1) is 12.7. The predicted molar refractivity (Wildman–Crippen MR) is 99.9 cm³/mol. The van der Waals surface area contributed by atoms with Crippen LogP contribution in [0.15, 0.2) is 12.1 Å². The highest BCUT2D eigenvalue weighted by molar-refractivity contribution is 7.15. The zero-order chi connectivity index (χ0) is 18.1. The molecule has 4 heterocycles. The first kappa shape index (κ1) is 17.1. The summed E-state index contributed by atoms with van der Waals surface area (Å²) in [6, 6.07) is 3.93. The maximum atomic E-state index is 5.12. The second-order valence-corrected chi connectivity index (χ2v) is 7.63. The fraction of sp³-hybridized carbons (Fsp3) is 0.562. The van der Waals surface area contributed by atoms with Crippen LogP contribution >= 0.6 is 11.3 Å². The lowest BCUT2D eigenvalue weighted by molar-refractivity contribution is 0.184. The van der Waals surface area contributed by atoms with Crippen molar-refractivity contribution in [2.24, 2.45) is 0 Å². The van der Waals surface area contributed by atoms with Gasteiger partial charge in [0, 0.05) is 40.2 Å². The van der Waals surface area contributed by atoms with Crippen LogP contribution in [0.5, 0.6) is 0 Å². The van der Waals surface area contributed by atoms with Gasteiger partial charge >= 0.3 is 0 Å². The van der Waals surface area contributed by atoms with E-state index in [1.165, 1.54) is 0 Å². The molecule has 0 atom stereocenters. The van der Waals surface area contributed by atoms with Crippen LogP contribution < -0.4 is 9.80 Å². The van der Waals surface area contributed by atoms with Crippen molar-refractivity contribution in [1.82, 2.24) is 30.0 Å². The molecule has 3 aromatic heterocycles. The lowest BCUT2D eigenvalue weighted by atomic mass is 9.96. The molecule has 0 amide bonds. The summed E-state index contributed by atoms with van der Waals surface area (Å²) in [5.41, 5.74) is 0.793. The molecule has 26 heavy (non-hydrogen) atoms. The third-order valence-corrected chi connectivity index (χ3v) is 5.54. The average Bonchev–Trinajstić information content (AvgIpc) is 3.28. The highest BCUT2D eigenvalue weighted by Crippen LogP contribution is 2.31. The summed E-state index contributed by atoms with van der Waals surface area (Å²) in [6.07, 6.45) is 1.99. The Hall–Kier alpha value is -2.33. The number of fused-ring (bicyclic) bond motifs is 1. The van der Waals surface area contributed by atoms with Gasteiger partial charge in [-0.1, -0.05) is 11.3 Å². The molecule has 4 rings (SSSR count). The van der Waals surface area contributed by atoms with E-state index in [-0.39, 0.29) is 0 Å². The van der Waals surface area contributed by atoms with Crippen LogP contribution in [0.3, 0.4) is 0 Å². The quantitative estimate of drug-likeness (QED) is 0.665. The van der Waals surface area contributed by atoms with Gasteiger partial charge in [0.1, 0.15) is 17.4 Å². The van der Waals surface area contributed by atoms with Gasteiger partial charge in [0.2, 0.25) is 5.13 Å². The number of rotatable bonds is 5. The minimum absolute atomic E-state index is 0.345. The van der Waals surface area contributed by atoms with Gasteiger partial charge in [-0.2, -0.15) is 4.52 Å². The second-order valence-electron chi connectivity index (χ2n) is 6.59. The molecule has 0 N–H and O–H groups in total. The van der Waals surface area contributed by atoms with Crippen LogP contribution in [-0.2, 0) is 11.3 Å². The Morgan fingerprint density at radius 3 is 2.69 bits per heavy atom. The topological polar surface area (TPSA) is 84.6 Å². The third kappa shape index (κ3) is 3.21. The lowest BCUT2D eigenvalue weighted by Crippen LogP contribution is -2.33. The van der Waals surface area contributed by atoms with Crippen molar-refractivity contribution in [1.29, 1.82) is 0 Å². The van der Waals surface area contributed by atoms with Gasteiger partial charge in [0.25, 0.3) is 0 Å². The summed E-state index contributed by atoms with van der Waals surface area (Å²) in [6.45, 7) is 2.36. The van der Waals surface area contributed by atoms with Crippen molar-refractivity contribution in [2.45, 2.75) is 25.4 Å². The van der Waals surface area contributed by atoms with E-state index in [0.29, 0.717) is 12.5 Å². The Morgan fingerprint density at radius 1 is 1.15 bits per heavy atom. The molecule has 9 nitrogen and oxygen atoms in total. The molecule has 1 fully saturated rings. The van der Waals surface area contributed by atoms with Gasteiger partial charge in [-0.25, -0.2) is 0 Å². The van der Waals surface area contributed by atoms with E-state index in [2.05, 4.69) is 30.4 Å². The number of nitrogens with zero attached hydrogens (tertiary/aromatic N) is 8. The van der Waals surface area contributed by atoms with Gasteiger partial charge in [-0.3, -0.25) is 0 Å². The van der Waals surface area contributed by atoms with Crippen LogP contribution in [-0.4, -0.2) is 64.3 Å². The van der Waals surface area contributed by atoms with Crippen LogP contribution in [0.2, 0.25) is 0 Å². The van der Waals surface area contributed by atoms with Crippen molar-refractivity contribution >= 4 is 27.9 Å². The van der Waals surface area contributed by atoms with E-state index in [4.69, 9.17) is 4.74 Å². The number of piperidine rings is 1. The van der Waals surface area contributed by atoms with Gasteiger partial charge in [0.15, 0.2) is 11.5 Å². The summed E-state index contributed by atoms with van der Waals surface area (Å²) >= 11 is 1.60. The van der Waals surface area contributed by atoms with Gasteiger partial charge in [-0.05, 0) is 25.0 Å². The predicted octanol–water partition coefficient (Wildman–Crippen LogP) is 1.57. The van der Waals surface area contributed by atoms with E-state index >= 15 is 0 Å². The Balaban J connectivity index is 1.49. The van der Waals surface area contributed by atoms with Crippen LogP contribution in [0, 0.1) is 0 Å². The Kier molecular flexibility index (Phi) is 4.68. The molecule has 0 radical (unpaired) electrons. The number of ether oxygens (including phenoxy) is 1. The molecule has 138 valence electrons. The highest BCUT2D eigenvalue weighted by atomic mass is 32.1. The molecular formula is C16H22N8OS. The molecule has 1 saturated heterocycles. The zero-order valence-electron chi connectivity index (χ0n) is 15.2. The van der Waals surface area contributed by atoms with Gasteiger partial charge in [-0.15, -0.1) is 25.5 Å². The van der Waals surface area contributed by atoms with Crippen LogP contribution in [0.25, 0.3) is 5.65 Å². The summed E-state index contributed by atoms with van der Waals surface area (Å²) in [5, 5.41) is 23.7. The molecule has 0 unspecified atom stereocenters. The number of hydrogen-bond acceptors (Lipinski definition) is 9. The van der Waals surface area contributed by atoms with Gasteiger partial charge in [0.05, 0.1) is 0 Å². The van der Waals surface area contributed by atoms with E-state index in [9.17, 15) is 0 Å². The molecule has 0 aliphatic carbocycles. The third-order valence-electron chi connectivity index (χ3n) is 4.59. The number of methoxy groups -OCH3 is 1. The standard InChI is InChI=1S/C16H22N8OS/c1-22(2)13-5-4-12-17-19-15(24(12)21-13)11-6-8-23(9-7-11)16-20-18-14(26-16)10-25-3/h4-5,11H,6-10H2,1-3H3. The molecule has 3 aromatic rings. The van der Waals surface area contributed by atoms with E-state index in [1.54, 1.807) is 18.4 Å². The summed E-state index contributed by atoms with van der Waals surface area (Å²) in [7, 11) is 5.64. The fourth-order valence-electron chi connectivity index (χ4n) is 3.17. The molecular weight excluding hydrogens is 352 g/mol. The maximum Gasteiger partial charge on any atom is 0.208 e.